The lowest BCUT2D eigenvalue weighted by Gasteiger charge is -2.40. The number of carbonyl (C=O) groups excluding carboxylic acids is 1. The zero-order valence-electron chi connectivity index (χ0n) is 15.2. The van der Waals surface area contributed by atoms with Crippen molar-refractivity contribution in [1.29, 1.82) is 0 Å². The third kappa shape index (κ3) is 3.35. The fourth-order valence-corrected chi connectivity index (χ4v) is 4.16. The molecule has 1 spiro atoms. The van der Waals surface area contributed by atoms with Gasteiger partial charge < -0.3 is 19.3 Å². The summed E-state index contributed by atoms with van der Waals surface area (Å²) in [5.74, 6) is -0.280. The van der Waals surface area contributed by atoms with Crippen molar-refractivity contribution < 1.29 is 14.3 Å². The topological polar surface area (TPSA) is 76.9 Å². The second kappa shape index (κ2) is 7.00. The lowest BCUT2D eigenvalue weighted by atomic mass is 9.94. The van der Waals surface area contributed by atoms with Gasteiger partial charge in [0.05, 0.1) is 31.0 Å². The zero-order chi connectivity index (χ0) is 18.1. The molecule has 0 aromatic carbocycles. The van der Waals surface area contributed by atoms with E-state index in [1.54, 1.807) is 19.3 Å². The Morgan fingerprint density at radius 1 is 1.23 bits per heavy atom. The number of aryl methyl sites for hydroxylation is 1. The van der Waals surface area contributed by atoms with Crippen molar-refractivity contribution in [3.63, 3.8) is 0 Å². The Hall–Kier alpha value is -1.93. The third-order valence-corrected chi connectivity index (χ3v) is 5.74. The van der Waals surface area contributed by atoms with Crippen LogP contribution in [-0.2, 0) is 21.3 Å². The van der Waals surface area contributed by atoms with Gasteiger partial charge in [-0.05, 0) is 12.8 Å². The average Bonchev–Trinajstić information content (AvgIpc) is 3.12. The van der Waals surface area contributed by atoms with Gasteiger partial charge in [-0.15, -0.1) is 0 Å². The second-order valence-corrected chi connectivity index (χ2v) is 7.39. The number of piperidine rings is 2. The number of nitrogens with zero attached hydrogens (tertiary/aromatic N) is 4. The average molecular weight is 362 g/mol. The molecule has 3 aliphatic heterocycles. The van der Waals surface area contributed by atoms with Crippen molar-refractivity contribution in [3.8, 4) is 0 Å². The van der Waals surface area contributed by atoms with Crippen LogP contribution in [0.4, 0.5) is 5.69 Å². The highest BCUT2D eigenvalue weighted by Crippen LogP contribution is 2.32. The number of hydrogen-bond acceptors (Lipinski definition) is 6. The fourth-order valence-electron chi connectivity index (χ4n) is 4.16. The summed E-state index contributed by atoms with van der Waals surface area (Å²) in [6, 6.07) is 1.60. The van der Waals surface area contributed by atoms with E-state index in [4.69, 9.17) is 9.47 Å². The van der Waals surface area contributed by atoms with Crippen LogP contribution in [0.2, 0.25) is 0 Å². The second-order valence-electron chi connectivity index (χ2n) is 7.39. The Balaban J connectivity index is 1.39. The van der Waals surface area contributed by atoms with E-state index < -0.39 is 5.79 Å². The van der Waals surface area contributed by atoms with E-state index in [9.17, 15) is 9.59 Å². The van der Waals surface area contributed by atoms with Crippen LogP contribution in [-0.4, -0.2) is 65.8 Å². The summed E-state index contributed by atoms with van der Waals surface area (Å²) < 4.78 is 12.8. The van der Waals surface area contributed by atoms with Gasteiger partial charge in [-0.2, -0.15) is 5.10 Å². The maximum absolute atomic E-state index is 13.0. The molecule has 3 aliphatic rings. The molecule has 1 aromatic rings. The molecule has 0 bridgehead atoms. The molecule has 8 heteroatoms. The molecule has 4 heterocycles. The molecule has 1 atom stereocenters. The number of likely N-dealkylation sites (tertiary alicyclic amines) is 1. The largest absolute Gasteiger partial charge is 0.369 e. The van der Waals surface area contributed by atoms with E-state index in [0.717, 1.165) is 37.9 Å². The van der Waals surface area contributed by atoms with Crippen LogP contribution in [0, 0.1) is 5.92 Å². The van der Waals surface area contributed by atoms with E-state index in [1.807, 2.05) is 4.90 Å². The molecule has 4 rings (SSSR count). The molecule has 1 aromatic heterocycles. The van der Waals surface area contributed by atoms with Crippen LogP contribution >= 0.6 is 0 Å². The molecule has 0 unspecified atom stereocenters. The van der Waals surface area contributed by atoms with Crippen LogP contribution in [0.15, 0.2) is 17.1 Å². The third-order valence-electron chi connectivity index (χ3n) is 5.74. The minimum Gasteiger partial charge on any atom is -0.369 e. The Kier molecular flexibility index (Phi) is 4.71. The van der Waals surface area contributed by atoms with E-state index >= 15 is 0 Å². The lowest BCUT2D eigenvalue weighted by molar-refractivity contribution is -0.188. The first-order valence-corrected chi connectivity index (χ1v) is 9.41. The van der Waals surface area contributed by atoms with Gasteiger partial charge in [-0.25, -0.2) is 4.68 Å². The molecular weight excluding hydrogens is 336 g/mol. The van der Waals surface area contributed by atoms with E-state index in [-0.39, 0.29) is 17.4 Å². The normalized spacial score (nSPS) is 25.7. The molecular formula is C18H26N4O4. The number of hydrogen-bond donors (Lipinski definition) is 0. The Labute approximate surface area is 152 Å². The van der Waals surface area contributed by atoms with Gasteiger partial charge in [0.1, 0.15) is 0 Å². The van der Waals surface area contributed by atoms with Gasteiger partial charge in [0.15, 0.2) is 5.79 Å². The molecule has 3 saturated heterocycles. The molecule has 142 valence electrons. The number of amides is 1. The Bertz CT molecular complexity index is 718. The predicted molar refractivity (Wildman–Crippen MR) is 94.9 cm³/mol. The van der Waals surface area contributed by atoms with Gasteiger partial charge in [0, 0.05) is 52.1 Å². The first-order chi connectivity index (χ1) is 12.6. The quantitative estimate of drug-likeness (QED) is 0.756. The lowest BCUT2D eigenvalue weighted by Crippen LogP contribution is -2.51. The highest BCUT2D eigenvalue weighted by Gasteiger charge is 2.42. The molecule has 8 nitrogen and oxygen atoms in total. The van der Waals surface area contributed by atoms with Crippen molar-refractivity contribution in [2.75, 3.05) is 44.3 Å². The van der Waals surface area contributed by atoms with Gasteiger partial charge in [0.2, 0.25) is 5.91 Å². The molecule has 3 fully saturated rings. The smallest absolute Gasteiger partial charge is 0.268 e. The molecule has 0 radical (unpaired) electrons. The van der Waals surface area contributed by atoms with E-state index in [1.165, 1.54) is 4.68 Å². The Morgan fingerprint density at radius 2 is 1.96 bits per heavy atom. The minimum absolute atomic E-state index is 0.0349. The first-order valence-electron chi connectivity index (χ1n) is 9.41. The molecule has 26 heavy (non-hydrogen) atoms. The highest BCUT2D eigenvalue weighted by molar-refractivity contribution is 5.80. The van der Waals surface area contributed by atoms with E-state index in [2.05, 4.69) is 10.00 Å². The SMILES string of the molecule is Cn1ncc(N2CCC[C@@H](C(=O)N3CCC4(CC3)OCCO4)C2)cc1=O. The van der Waals surface area contributed by atoms with Crippen molar-refractivity contribution in [2.45, 2.75) is 31.5 Å². The van der Waals surface area contributed by atoms with Gasteiger partial charge >= 0.3 is 0 Å². The number of anilines is 1. The maximum Gasteiger partial charge on any atom is 0.268 e. The van der Waals surface area contributed by atoms with Crippen LogP contribution in [0.25, 0.3) is 0 Å². The summed E-state index contributed by atoms with van der Waals surface area (Å²) >= 11 is 0. The minimum atomic E-state index is -0.453. The molecule has 0 N–H and O–H groups in total. The summed E-state index contributed by atoms with van der Waals surface area (Å²) in [4.78, 5) is 28.9. The van der Waals surface area contributed by atoms with Crippen LogP contribution < -0.4 is 10.5 Å². The van der Waals surface area contributed by atoms with Crippen LogP contribution in [0.5, 0.6) is 0 Å². The molecule has 0 aliphatic carbocycles. The number of ether oxygens (including phenoxy) is 2. The van der Waals surface area contributed by atoms with Gasteiger partial charge in [-0.1, -0.05) is 0 Å². The summed E-state index contributed by atoms with van der Waals surface area (Å²) in [5.41, 5.74) is 0.671. The summed E-state index contributed by atoms with van der Waals surface area (Å²) in [5, 5.41) is 4.09. The van der Waals surface area contributed by atoms with Crippen LogP contribution in [0.1, 0.15) is 25.7 Å². The maximum atomic E-state index is 13.0. The standard InChI is InChI=1S/C18H26N4O4/c1-20-16(23)11-15(12-19-20)22-6-2-3-14(13-22)17(24)21-7-4-18(5-8-21)25-9-10-26-18/h11-12,14H,2-10,13H2,1H3/t14-/m1/s1. The van der Waals surface area contributed by atoms with Crippen molar-refractivity contribution >= 4 is 11.6 Å². The zero-order valence-corrected chi connectivity index (χ0v) is 15.2. The molecule has 0 saturated carbocycles. The van der Waals surface area contributed by atoms with Gasteiger partial charge in [-0.3, -0.25) is 9.59 Å². The van der Waals surface area contributed by atoms with E-state index in [0.29, 0.717) is 32.8 Å². The summed E-state index contributed by atoms with van der Waals surface area (Å²) in [6.45, 7) is 4.16. The number of rotatable bonds is 2. The van der Waals surface area contributed by atoms with Crippen molar-refractivity contribution in [1.82, 2.24) is 14.7 Å². The monoisotopic (exact) mass is 362 g/mol. The van der Waals surface area contributed by atoms with Gasteiger partial charge in [0.25, 0.3) is 5.56 Å². The number of carbonyl (C=O) groups is 1. The van der Waals surface area contributed by atoms with Crippen molar-refractivity contribution in [3.05, 3.63) is 22.6 Å². The summed E-state index contributed by atoms with van der Waals surface area (Å²) in [7, 11) is 1.63. The Morgan fingerprint density at radius 3 is 2.65 bits per heavy atom. The van der Waals surface area contributed by atoms with Crippen LogP contribution in [0.3, 0.4) is 0 Å². The predicted octanol–water partition coefficient (Wildman–Crippen LogP) is 0.362. The first kappa shape index (κ1) is 17.5. The summed E-state index contributed by atoms with van der Waals surface area (Å²) in [6.07, 6.45) is 5.02. The molecule has 1 amide bonds. The van der Waals surface area contributed by atoms with Crippen molar-refractivity contribution in [2.24, 2.45) is 13.0 Å². The highest BCUT2D eigenvalue weighted by atomic mass is 16.7. The fraction of sp³-hybridized carbons (Fsp3) is 0.722. The number of aromatic nitrogens is 2.